The van der Waals surface area contributed by atoms with Crippen molar-refractivity contribution in [3.63, 3.8) is 0 Å². The van der Waals surface area contributed by atoms with Crippen LogP contribution in [-0.2, 0) is 6.54 Å². The van der Waals surface area contributed by atoms with Gasteiger partial charge in [0.2, 0.25) is 0 Å². The maximum atomic E-state index is 12.9. The van der Waals surface area contributed by atoms with E-state index in [0.717, 1.165) is 13.1 Å². The number of hydrogen-bond donors (Lipinski definition) is 0. The molecule has 0 saturated carbocycles. The summed E-state index contributed by atoms with van der Waals surface area (Å²) in [5, 5.41) is 0. The van der Waals surface area contributed by atoms with Gasteiger partial charge in [-0.25, -0.2) is 4.39 Å². The van der Waals surface area contributed by atoms with Gasteiger partial charge in [0, 0.05) is 32.0 Å². The fraction of sp³-hybridized carbons (Fsp3) is 0.545. The Labute approximate surface area is 83.8 Å². The molecule has 1 unspecified atom stereocenters. The number of likely N-dealkylation sites (tertiary alicyclic amines) is 1. The largest absolute Gasteiger partial charge is 0.296 e. The molecule has 0 bridgehead atoms. The molecule has 0 radical (unpaired) electrons. The van der Waals surface area contributed by atoms with E-state index in [9.17, 15) is 4.39 Å². The first kappa shape index (κ1) is 9.59. The minimum atomic E-state index is -0.632. The van der Waals surface area contributed by atoms with Crippen LogP contribution in [0.1, 0.15) is 17.5 Å². The van der Waals surface area contributed by atoms with Crippen LogP contribution in [0, 0.1) is 6.92 Å². The standard InChI is InChI=1S/C11H15FN2/c1-9-4-10(6-13-5-9)7-14-3-2-11(12)8-14/h4-6,11H,2-3,7-8H2,1H3. The second kappa shape index (κ2) is 4.05. The molecule has 0 N–H and O–H groups in total. The summed E-state index contributed by atoms with van der Waals surface area (Å²) in [4.78, 5) is 6.26. The molecule has 1 aromatic heterocycles. The molecule has 76 valence electrons. The van der Waals surface area contributed by atoms with Crippen LogP contribution in [0.15, 0.2) is 18.5 Å². The Morgan fingerprint density at radius 1 is 1.57 bits per heavy atom. The Morgan fingerprint density at radius 2 is 2.43 bits per heavy atom. The van der Waals surface area contributed by atoms with E-state index >= 15 is 0 Å². The molecule has 1 atom stereocenters. The topological polar surface area (TPSA) is 16.1 Å². The fourth-order valence-electron chi connectivity index (χ4n) is 1.89. The summed E-state index contributed by atoms with van der Waals surface area (Å²) in [5.74, 6) is 0. The molecule has 2 heterocycles. The molecule has 0 aromatic carbocycles. The molecule has 1 aromatic rings. The summed E-state index contributed by atoms with van der Waals surface area (Å²) in [6, 6.07) is 2.11. The van der Waals surface area contributed by atoms with Gasteiger partial charge >= 0.3 is 0 Å². The van der Waals surface area contributed by atoms with E-state index in [-0.39, 0.29) is 0 Å². The average Bonchev–Trinajstić information content (AvgIpc) is 2.51. The van der Waals surface area contributed by atoms with Crippen molar-refractivity contribution in [1.82, 2.24) is 9.88 Å². The summed E-state index contributed by atoms with van der Waals surface area (Å²) in [7, 11) is 0. The number of halogens is 1. The number of aryl methyl sites for hydroxylation is 1. The molecule has 1 aliphatic heterocycles. The Bertz CT molecular complexity index is 314. The third-order valence-corrected chi connectivity index (χ3v) is 2.55. The highest BCUT2D eigenvalue weighted by molar-refractivity contribution is 5.16. The minimum absolute atomic E-state index is 0.577. The highest BCUT2D eigenvalue weighted by atomic mass is 19.1. The molecule has 3 heteroatoms. The van der Waals surface area contributed by atoms with Gasteiger partial charge in [0.15, 0.2) is 0 Å². The van der Waals surface area contributed by atoms with Crippen molar-refractivity contribution >= 4 is 0 Å². The van der Waals surface area contributed by atoms with Gasteiger partial charge in [-0.2, -0.15) is 0 Å². The second-order valence-corrected chi connectivity index (χ2v) is 3.99. The second-order valence-electron chi connectivity index (χ2n) is 3.99. The molecule has 0 amide bonds. The van der Waals surface area contributed by atoms with Crippen LogP contribution < -0.4 is 0 Å². The van der Waals surface area contributed by atoms with Gasteiger partial charge in [-0.05, 0) is 24.5 Å². The maximum Gasteiger partial charge on any atom is 0.114 e. The molecular weight excluding hydrogens is 179 g/mol. The summed E-state index contributed by atoms with van der Waals surface area (Å²) in [5.41, 5.74) is 2.34. The molecule has 0 aliphatic carbocycles. The Hall–Kier alpha value is -0.960. The van der Waals surface area contributed by atoms with Crippen LogP contribution in [0.25, 0.3) is 0 Å². The third kappa shape index (κ3) is 2.29. The Balaban J connectivity index is 1.97. The number of rotatable bonds is 2. The van der Waals surface area contributed by atoms with E-state index < -0.39 is 6.17 Å². The molecule has 1 saturated heterocycles. The van der Waals surface area contributed by atoms with Gasteiger partial charge in [-0.1, -0.05) is 6.07 Å². The predicted octanol–water partition coefficient (Wildman–Crippen LogP) is 1.93. The average molecular weight is 194 g/mol. The van der Waals surface area contributed by atoms with Crippen molar-refractivity contribution in [3.8, 4) is 0 Å². The van der Waals surface area contributed by atoms with E-state index in [2.05, 4.69) is 16.0 Å². The van der Waals surface area contributed by atoms with Gasteiger partial charge in [0.05, 0.1) is 0 Å². The molecule has 1 aliphatic rings. The molecule has 0 spiro atoms. The van der Waals surface area contributed by atoms with E-state index in [1.807, 2.05) is 19.3 Å². The number of nitrogens with zero attached hydrogens (tertiary/aromatic N) is 2. The van der Waals surface area contributed by atoms with Crippen LogP contribution in [0.3, 0.4) is 0 Å². The highest BCUT2D eigenvalue weighted by Gasteiger charge is 2.21. The van der Waals surface area contributed by atoms with E-state index in [1.54, 1.807) is 0 Å². The first-order valence-corrected chi connectivity index (χ1v) is 5.01. The Morgan fingerprint density at radius 3 is 3.07 bits per heavy atom. The van der Waals surface area contributed by atoms with Crippen LogP contribution in [0.4, 0.5) is 4.39 Å². The number of aromatic nitrogens is 1. The molecule has 2 nitrogen and oxygen atoms in total. The van der Waals surface area contributed by atoms with Crippen molar-refractivity contribution in [2.45, 2.75) is 26.1 Å². The minimum Gasteiger partial charge on any atom is -0.296 e. The van der Waals surface area contributed by atoms with Crippen molar-refractivity contribution < 1.29 is 4.39 Å². The first-order valence-electron chi connectivity index (χ1n) is 5.01. The Kier molecular flexibility index (Phi) is 2.77. The van der Waals surface area contributed by atoms with Crippen LogP contribution in [0.5, 0.6) is 0 Å². The van der Waals surface area contributed by atoms with Crippen molar-refractivity contribution in [2.24, 2.45) is 0 Å². The van der Waals surface area contributed by atoms with Crippen LogP contribution >= 0.6 is 0 Å². The summed E-state index contributed by atoms with van der Waals surface area (Å²) in [6.45, 7) is 4.30. The lowest BCUT2D eigenvalue weighted by atomic mass is 10.2. The van der Waals surface area contributed by atoms with E-state index in [1.165, 1.54) is 11.1 Å². The van der Waals surface area contributed by atoms with Gasteiger partial charge in [-0.15, -0.1) is 0 Å². The lowest BCUT2D eigenvalue weighted by Gasteiger charge is -2.14. The van der Waals surface area contributed by atoms with Crippen LogP contribution in [-0.4, -0.2) is 29.1 Å². The smallest absolute Gasteiger partial charge is 0.114 e. The van der Waals surface area contributed by atoms with Gasteiger partial charge in [-0.3, -0.25) is 9.88 Å². The molecule has 2 rings (SSSR count). The molecular formula is C11H15FN2. The van der Waals surface area contributed by atoms with Crippen molar-refractivity contribution in [3.05, 3.63) is 29.6 Å². The first-order chi connectivity index (χ1) is 6.74. The zero-order chi connectivity index (χ0) is 9.97. The summed E-state index contributed by atoms with van der Waals surface area (Å²) >= 11 is 0. The van der Waals surface area contributed by atoms with Crippen molar-refractivity contribution in [2.75, 3.05) is 13.1 Å². The van der Waals surface area contributed by atoms with Crippen LogP contribution in [0.2, 0.25) is 0 Å². The lowest BCUT2D eigenvalue weighted by Crippen LogP contribution is -2.20. The summed E-state index contributed by atoms with van der Waals surface area (Å²) in [6.07, 6.45) is 3.75. The summed E-state index contributed by atoms with van der Waals surface area (Å²) < 4.78 is 12.9. The van der Waals surface area contributed by atoms with Gasteiger partial charge in [0.1, 0.15) is 6.17 Å². The molecule has 1 fully saturated rings. The maximum absolute atomic E-state index is 12.9. The number of alkyl halides is 1. The monoisotopic (exact) mass is 194 g/mol. The lowest BCUT2D eigenvalue weighted by molar-refractivity contribution is 0.282. The number of pyridine rings is 1. The quantitative estimate of drug-likeness (QED) is 0.715. The van der Waals surface area contributed by atoms with Crippen molar-refractivity contribution in [1.29, 1.82) is 0 Å². The zero-order valence-electron chi connectivity index (χ0n) is 8.41. The third-order valence-electron chi connectivity index (χ3n) is 2.55. The highest BCUT2D eigenvalue weighted by Crippen LogP contribution is 2.15. The zero-order valence-corrected chi connectivity index (χ0v) is 8.41. The van der Waals surface area contributed by atoms with E-state index in [0.29, 0.717) is 13.0 Å². The van der Waals surface area contributed by atoms with E-state index in [4.69, 9.17) is 0 Å². The van der Waals surface area contributed by atoms with Gasteiger partial charge < -0.3 is 0 Å². The fourth-order valence-corrected chi connectivity index (χ4v) is 1.89. The SMILES string of the molecule is Cc1cncc(CN2CCC(F)C2)c1. The van der Waals surface area contributed by atoms with Gasteiger partial charge in [0.25, 0.3) is 0 Å². The molecule has 14 heavy (non-hydrogen) atoms. The normalized spacial score (nSPS) is 22.9. The predicted molar refractivity (Wildman–Crippen MR) is 53.8 cm³/mol. The number of hydrogen-bond acceptors (Lipinski definition) is 2.